The molecule has 100 valence electrons. The topological polar surface area (TPSA) is 70.1 Å². The summed E-state index contributed by atoms with van der Waals surface area (Å²) in [5.41, 5.74) is -0.164. The molecule has 0 aliphatic heterocycles. The highest BCUT2D eigenvalue weighted by Gasteiger charge is 2.36. The molecule has 5 heteroatoms. The Kier molecular flexibility index (Phi) is 4.01. The molecule has 3 N–H and O–H groups in total. The molecule has 1 aliphatic carbocycles. The van der Waals surface area contributed by atoms with Gasteiger partial charge in [0.25, 0.3) is 0 Å². The van der Waals surface area contributed by atoms with Gasteiger partial charge in [0, 0.05) is 19.0 Å². The molecule has 1 aliphatic rings. The van der Waals surface area contributed by atoms with Crippen molar-refractivity contribution in [3.8, 4) is 0 Å². The lowest BCUT2D eigenvalue weighted by Gasteiger charge is -2.41. The first-order valence-corrected chi connectivity index (χ1v) is 6.72. The molecular weight excluding hydrogens is 228 g/mol. The highest BCUT2D eigenvalue weighted by Crippen LogP contribution is 2.34. The van der Waals surface area contributed by atoms with Crippen molar-refractivity contribution in [1.82, 2.24) is 9.97 Å². The maximum absolute atomic E-state index is 9.48. The van der Waals surface area contributed by atoms with E-state index in [0.29, 0.717) is 0 Å². The van der Waals surface area contributed by atoms with E-state index in [2.05, 4.69) is 20.6 Å². The molecule has 1 fully saturated rings. The van der Waals surface area contributed by atoms with E-state index >= 15 is 0 Å². The summed E-state index contributed by atoms with van der Waals surface area (Å²) in [7, 11) is 0. The third kappa shape index (κ3) is 2.72. The summed E-state index contributed by atoms with van der Waals surface area (Å²) in [6, 6.07) is 1.92. The smallest absolute Gasteiger partial charge is 0.132 e. The van der Waals surface area contributed by atoms with Crippen LogP contribution in [0.25, 0.3) is 0 Å². The number of aryl methyl sites for hydroxylation is 1. The summed E-state index contributed by atoms with van der Waals surface area (Å²) < 4.78 is 0. The first kappa shape index (κ1) is 13.1. The molecule has 2 rings (SSSR count). The summed E-state index contributed by atoms with van der Waals surface area (Å²) in [5.74, 6) is 2.48. The third-order valence-corrected chi connectivity index (χ3v) is 3.45. The lowest BCUT2D eigenvalue weighted by Crippen LogP contribution is -2.48. The van der Waals surface area contributed by atoms with Crippen LogP contribution in [0.4, 0.5) is 11.6 Å². The quantitative estimate of drug-likeness (QED) is 0.718. The van der Waals surface area contributed by atoms with Gasteiger partial charge < -0.3 is 15.7 Å². The van der Waals surface area contributed by atoms with Gasteiger partial charge in [-0.2, -0.15) is 0 Å². The van der Waals surface area contributed by atoms with Gasteiger partial charge in [-0.25, -0.2) is 9.97 Å². The summed E-state index contributed by atoms with van der Waals surface area (Å²) in [6.07, 6.45) is 3.98. The first-order valence-electron chi connectivity index (χ1n) is 6.72. The molecule has 0 atom stereocenters. The number of nitrogens with zero attached hydrogens (tertiary/aromatic N) is 2. The number of aliphatic hydroxyl groups is 1. The van der Waals surface area contributed by atoms with Gasteiger partial charge in [-0.05, 0) is 26.2 Å². The summed E-state index contributed by atoms with van der Waals surface area (Å²) in [4.78, 5) is 8.89. The molecule has 0 bridgehead atoms. The van der Waals surface area contributed by atoms with Gasteiger partial charge in [0.1, 0.15) is 17.5 Å². The zero-order valence-corrected chi connectivity index (χ0v) is 11.2. The predicted octanol–water partition coefficient (Wildman–Crippen LogP) is 1.80. The van der Waals surface area contributed by atoms with Crippen molar-refractivity contribution in [3.05, 3.63) is 11.9 Å². The average Bonchev–Trinajstić information content (AvgIpc) is 2.34. The van der Waals surface area contributed by atoms with Crippen molar-refractivity contribution in [2.24, 2.45) is 0 Å². The number of rotatable bonds is 6. The number of nitrogens with one attached hydrogen (secondary N) is 2. The Balaban J connectivity index is 2.18. The molecule has 1 heterocycles. The maximum atomic E-state index is 9.48. The summed E-state index contributed by atoms with van der Waals surface area (Å²) >= 11 is 0. The van der Waals surface area contributed by atoms with Crippen LogP contribution >= 0.6 is 0 Å². The van der Waals surface area contributed by atoms with E-state index in [1.54, 1.807) is 0 Å². The Bertz CT molecular complexity index is 398. The fourth-order valence-electron chi connectivity index (χ4n) is 2.19. The lowest BCUT2D eigenvalue weighted by atomic mass is 9.77. The minimum absolute atomic E-state index is 0.162. The van der Waals surface area contributed by atoms with Crippen LogP contribution < -0.4 is 10.6 Å². The lowest BCUT2D eigenvalue weighted by molar-refractivity contribution is 0.144. The minimum atomic E-state index is -0.164. The molecular formula is C13H22N4O. The van der Waals surface area contributed by atoms with Crippen molar-refractivity contribution < 1.29 is 5.11 Å². The van der Waals surface area contributed by atoms with Gasteiger partial charge in [0.05, 0.1) is 12.1 Å². The zero-order chi connectivity index (χ0) is 13.0. The van der Waals surface area contributed by atoms with Crippen molar-refractivity contribution in [1.29, 1.82) is 0 Å². The van der Waals surface area contributed by atoms with Crippen molar-refractivity contribution in [3.63, 3.8) is 0 Å². The van der Waals surface area contributed by atoms with Crippen LogP contribution in [0.5, 0.6) is 0 Å². The maximum Gasteiger partial charge on any atom is 0.132 e. The molecule has 5 nitrogen and oxygen atoms in total. The number of hydrogen-bond donors (Lipinski definition) is 3. The Morgan fingerprint density at radius 3 is 2.50 bits per heavy atom. The predicted molar refractivity (Wildman–Crippen MR) is 72.9 cm³/mol. The molecule has 1 aromatic heterocycles. The monoisotopic (exact) mass is 250 g/mol. The Morgan fingerprint density at radius 2 is 2.00 bits per heavy atom. The minimum Gasteiger partial charge on any atom is -0.394 e. The molecule has 18 heavy (non-hydrogen) atoms. The number of aliphatic hydroxyl groups excluding tert-OH is 1. The van der Waals surface area contributed by atoms with Crippen LogP contribution in [-0.4, -0.2) is 33.8 Å². The fraction of sp³-hybridized carbons (Fsp3) is 0.692. The molecule has 1 saturated carbocycles. The van der Waals surface area contributed by atoms with Gasteiger partial charge in [-0.1, -0.05) is 6.92 Å². The molecule has 0 aromatic carbocycles. The normalized spacial score (nSPS) is 17.1. The van der Waals surface area contributed by atoms with E-state index in [1.165, 1.54) is 6.42 Å². The Labute approximate surface area is 108 Å². The highest BCUT2D eigenvalue weighted by atomic mass is 16.3. The third-order valence-electron chi connectivity index (χ3n) is 3.45. The standard InChI is InChI=1S/C13H22N4O/c1-3-10-15-11(14-4-2)8-12(16-10)17-13(9-18)6-5-7-13/h8,18H,3-7,9H2,1-2H3,(H2,14,15,16,17). The van der Waals surface area contributed by atoms with E-state index in [0.717, 1.165) is 43.3 Å². The van der Waals surface area contributed by atoms with Crippen LogP contribution in [0.1, 0.15) is 38.9 Å². The molecule has 0 unspecified atom stereocenters. The van der Waals surface area contributed by atoms with E-state index in [9.17, 15) is 5.11 Å². The second kappa shape index (κ2) is 5.52. The van der Waals surface area contributed by atoms with E-state index in [1.807, 2.05) is 19.9 Å². The Morgan fingerprint density at radius 1 is 1.28 bits per heavy atom. The second-order valence-electron chi connectivity index (χ2n) is 4.86. The fourth-order valence-corrected chi connectivity index (χ4v) is 2.19. The summed E-state index contributed by atoms with van der Waals surface area (Å²) in [6.45, 7) is 5.09. The average molecular weight is 250 g/mol. The van der Waals surface area contributed by atoms with Crippen molar-refractivity contribution >= 4 is 11.6 Å². The molecule has 0 spiro atoms. The summed E-state index contributed by atoms with van der Waals surface area (Å²) in [5, 5.41) is 16.1. The van der Waals surface area contributed by atoms with E-state index in [-0.39, 0.29) is 12.1 Å². The van der Waals surface area contributed by atoms with Crippen molar-refractivity contribution in [2.45, 2.75) is 45.1 Å². The zero-order valence-electron chi connectivity index (χ0n) is 11.2. The van der Waals surface area contributed by atoms with Crippen LogP contribution in [0.3, 0.4) is 0 Å². The highest BCUT2D eigenvalue weighted by molar-refractivity contribution is 5.49. The SMILES string of the molecule is CCNc1cc(NC2(CO)CCC2)nc(CC)n1. The number of hydrogen-bond acceptors (Lipinski definition) is 5. The van der Waals surface area contributed by atoms with Crippen LogP contribution in [-0.2, 0) is 6.42 Å². The molecule has 1 aromatic rings. The molecule has 0 amide bonds. The van der Waals surface area contributed by atoms with Gasteiger partial charge in [0.15, 0.2) is 0 Å². The van der Waals surface area contributed by atoms with Gasteiger partial charge in [-0.15, -0.1) is 0 Å². The first-order chi connectivity index (χ1) is 8.71. The molecule has 0 saturated heterocycles. The van der Waals surface area contributed by atoms with Crippen LogP contribution in [0.2, 0.25) is 0 Å². The number of anilines is 2. The van der Waals surface area contributed by atoms with E-state index < -0.39 is 0 Å². The number of aromatic nitrogens is 2. The van der Waals surface area contributed by atoms with E-state index in [4.69, 9.17) is 0 Å². The Hall–Kier alpha value is -1.36. The molecule has 0 radical (unpaired) electrons. The van der Waals surface area contributed by atoms with Gasteiger partial charge >= 0.3 is 0 Å². The largest absolute Gasteiger partial charge is 0.394 e. The second-order valence-corrected chi connectivity index (χ2v) is 4.86. The van der Waals surface area contributed by atoms with Crippen LogP contribution in [0, 0.1) is 0 Å². The van der Waals surface area contributed by atoms with Gasteiger partial charge in [0.2, 0.25) is 0 Å². The van der Waals surface area contributed by atoms with Crippen molar-refractivity contribution in [2.75, 3.05) is 23.8 Å². The van der Waals surface area contributed by atoms with Crippen LogP contribution in [0.15, 0.2) is 6.07 Å². The van der Waals surface area contributed by atoms with Gasteiger partial charge in [-0.3, -0.25) is 0 Å².